The first-order chi connectivity index (χ1) is 9.88. The molecule has 110 valence electrons. The van der Waals surface area contributed by atoms with Crippen LogP contribution in [0.15, 0.2) is 34.1 Å². The number of amides is 1. The van der Waals surface area contributed by atoms with Crippen LogP contribution in [0.5, 0.6) is 0 Å². The maximum Gasteiger partial charge on any atom is 0.335 e. The van der Waals surface area contributed by atoms with E-state index in [0.717, 1.165) is 14.9 Å². The SMILES string of the molecule is Cc1cc(C(=O)N(C)Cc2ccc(C(=O)O)cc2)sc1Br. The van der Waals surface area contributed by atoms with E-state index in [1.807, 2.05) is 13.0 Å². The normalized spacial score (nSPS) is 10.4. The van der Waals surface area contributed by atoms with Crippen LogP contribution in [0.25, 0.3) is 0 Å². The zero-order valence-corrected chi connectivity index (χ0v) is 14.0. The predicted octanol–water partition coefficient (Wildman–Crippen LogP) is 3.79. The summed E-state index contributed by atoms with van der Waals surface area (Å²) in [5.74, 6) is -0.999. The summed E-state index contributed by atoms with van der Waals surface area (Å²) >= 11 is 4.83. The van der Waals surface area contributed by atoms with Gasteiger partial charge in [0.05, 0.1) is 14.2 Å². The summed E-state index contributed by atoms with van der Waals surface area (Å²) in [5, 5.41) is 8.86. The Bertz CT molecular complexity index is 659. The fraction of sp³-hybridized carbons (Fsp3) is 0.200. The molecular formula is C15H14BrNO3S. The monoisotopic (exact) mass is 367 g/mol. The molecule has 1 amide bonds. The number of carboxylic acid groups (broad SMARTS) is 1. The highest BCUT2D eigenvalue weighted by Gasteiger charge is 2.16. The number of carboxylic acids is 1. The first-order valence-corrected chi connectivity index (χ1v) is 7.83. The van der Waals surface area contributed by atoms with Gasteiger partial charge in [-0.3, -0.25) is 4.79 Å². The Balaban J connectivity index is 2.08. The summed E-state index contributed by atoms with van der Waals surface area (Å²) < 4.78 is 0.963. The third kappa shape index (κ3) is 3.71. The third-order valence-electron chi connectivity index (χ3n) is 3.04. The van der Waals surface area contributed by atoms with E-state index >= 15 is 0 Å². The first-order valence-electron chi connectivity index (χ1n) is 6.22. The number of carbonyl (C=O) groups is 2. The lowest BCUT2D eigenvalue weighted by atomic mass is 10.1. The minimum atomic E-state index is -0.954. The number of benzene rings is 1. The van der Waals surface area contributed by atoms with Gasteiger partial charge in [-0.2, -0.15) is 0 Å². The van der Waals surface area contributed by atoms with Gasteiger partial charge in [-0.1, -0.05) is 12.1 Å². The van der Waals surface area contributed by atoms with Gasteiger partial charge in [0.25, 0.3) is 5.91 Å². The summed E-state index contributed by atoms with van der Waals surface area (Å²) in [5.41, 5.74) is 2.18. The average Bonchev–Trinajstić information content (AvgIpc) is 2.78. The second kappa shape index (κ2) is 6.41. The lowest BCUT2D eigenvalue weighted by molar-refractivity contribution is 0.0695. The number of aryl methyl sites for hydroxylation is 1. The van der Waals surface area contributed by atoms with E-state index < -0.39 is 5.97 Å². The van der Waals surface area contributed by atoms with E-state index in [2.05, 4.69) is 15.9 Å². The molecule has 1 heterocycles. The molecule has 0 bridgehead atoms. The molecule has 21 heavy (non-hydrogen) atoms. The molecule has 0 aliphatic heterocycles. The summed E-state index contributed by atoms with van der Waals surface area (Å²) in [6.07, 6.45) is 0. The van der Waals surface area contributed by atoms with Crippen molar-refractivity contribution in [2.24, 2.45) is 0 Å². The smallest absolute Gasteiger partial charge is 0.335 e. The van der Waals surface area contributed by atoms with Gasteiger partial charge in [-0.25, -0.2) is 4.79 Å². The number of thiophene rings is 1. The molecule has 1 aromatic carbocycles. The van der Waals surface area contributed by atoms with Crippen LogP contribution in [0.2, 0.25) is 0 Å². The van der Waals surface area contributed by atoms with Crippen molar-refractivity contribution in [3.8, 4) is 0 Å². The molecule has 0 saturated carbocycles. The number of carbonyl (C=O) groups excluding carboxylic acids is 1. The second-order valence-corrected chi connectivity index (χ2v) is 7.10. The lowest BCUT2D eigenvalue weighted by Crippen LogP contribution is -2.25. The minimum Gasteiger partial charge on any atom is -0.478 e. The van der Waals surface area contributed by atoms with Gasteiger partial charge in [0, 0.05) is 13.6 Å². The molecular weight excluding hydrogens is 354 g/mol. The van der Waals surface area contributed by atoms with Crippen LogP contribution in [0.4, 0.5) is 0 Å². The molecule has 6 heteroatoms. The largest absolute Gasteiger partial charge is 0.478 e. The van der Waals surface area contributed by atoms with E-state index in [1.165, 1.54) is 11.3 Å². The fourth-order valence-electron chi connectivity index (χ4n) is 1.85. The van der Waals surface area contributed by atoms with Crippen molar-refractivity contribution in [3.63, 3.8) is 0 Å². The van der Waals surface area contributed by atoms with E-state index in [9.17, 15) is 9.59 Å². The van der Waals surface area contributed by atoms with Crippen LogP contribution < -0.4 is 0 Å². The average molecular weight is 368 g/mol. The summed E-state index contributed by atoms with van der Waals surface area (Å²) in [6, 6.07) is 8.40. The fourth-order valence-corrected chi connectivity index (χ4v) is 3.38. The maximum absolute atomic E-state index is 12.3. The topological polar surface area (TPSA) is 57.6 Å². The molecule has 0 atom stereocenters. The van der Waals surface area contributed by atoms with Crippen LogP contribution in [0.1, 0.15) is 31.2 Å². The van der Waals surface area contributed by atoms with E-state index in [-0.39, 0.29) is 11.5 Å². The van der Waals surface area contributed by atoms with Crippen LogP contribution in [-0.2, 0) is 6.54 Å². The van der Waals surface area contributed by atoms with Crippen molar-refractivity contribution in [1.82, 2.24) is 4.90 Å². The zero-order chi connectivity index (χ0) is 15.6. The van der Waals surface area contributed by atoms with Crippen LogP contribution in [-0.4, -0.2) is 28.9 Å². The Morgan fingerprint density at radius 1 is 1.29 bits per heavy atom. The van der Waals surface area contributed by atoms with Gasteiger partial charge in [-0.05, 0) is 52.2 Å². The van der Waals surface area contributed by atoms with Gasteiger partial charge in [0.15, 0.2) is 0 Å². The Labute approximate surface area is 135 Å². The Morgan fingerprint density at radius 3 is 2.38 bits per heavy atom. The van der Waals surface area contributed by atoms with Crippen molar-refractivity contribution in [2.45, 2.75) is 13.5 Å². The summed E-state index contributed by atoms with van der Waals surface area (Å²) in [7, 11) is 1.73. The van der Waals surface area contributed by atoms with Crippen LogP contribution in [0, 0.1) is 6.92 Å². The van der Waals surface area contributed by atoms with Crippen molar-refractivity contribution in [3.05, 3.63) is 55.7 Å². The maximum atomic E-state index is 12.3. The standard InChI is InChI=1S/C15H14BrNO3S/c1-9-7-12(21-13(9)16)14(18)17(2)8-10-3-5-11(6-4-10)15(19)20/h3-7H,8H2,1-2H3,(H,19,20). The highest BCUT2D eigenvalue weighted by atomic mass is 79.9. The molecule has 0 aliphatic rings. The summed E-state index contributed by atoms with van der Waals surface area (Å²) in [6.45, 7) is 2.38. The van der Waals surface area contributed by atoms with Gasteiger partial charge < -0.3 is 10.0 Å². The van der Waals surface area contributed by atoms with Gasteiger partial charge in [0.2, 0.25) is 0 Å². The molecule has 2 rings (SSSR count). The Hall–Kier alpha value is -1.66. The van der Waals surface area contributed by atoms with Gasteiger partial charge in [0.1, 0.15) is 0 Å². The van der Waals surface area contributed by atoms with Gasteiger partial charge in [-0.15, -0.1) is 11.3 Å². The number of aromatic carboxylic acids is 1. The molecule has 0 fully saturated rings. The van der Waals surface area contributed by atoms with Crippen molar-refractivity contribution in [2.75, 3.05) is 7.05 Å². The number of hydrogen-bond acceptors (Lipinski definition) is 3. The molecule has 1 aromatic heterocycles. The highest BCUT2D eigenvalue weighted by molar-refractivity contribution is 9.11. The summed E-state index contributed by atoms with van der Waals surface area (Å²) in [4.78, 5) is 25.4. The molecule has 1 N–H and O–H groups in total. The zero-order valence-electron chi connectivity index (χ0n) is 11.6. The molecule has 0 spiro atoms. The quantitative estimate of drug-likeness (QED) is 0.893. The third-order valence-corrected chi connectivity index (χ3v) is 5.16. The number of nitrogens with zero attached hydrogens (tertiary/aromatic N) is 1. The highest BCUT2D eigenvalue weighted by Crippen LogP contribution is 2.28. The molecule has 0 aliphatic carbocycles. The lowest BCUT2D eigenvalue weighted by Gasteiger charge is -2.16. The number of hydrogen-bond donors (Lipinski definition) is 1. The second-order valence-electron chi connectivity index (χ2n) is 4.73. The Morgan fingerprint density at radius 2 is 1.90 bits per heavy atom. The Kier molecular flexibility index (Phi) is 4.80. The number of halogens is 1. The van der Waals surface area contributed by atoms with E-state index in [4.69, 9.17) is 5.11 Å². The van der Waals surface area contributed by atoms with Crippen molar-refractivity contribution >= 4 is 39.1 Å². The first kappa shape index (κ1) is 15.7. The van der Waals surface area contributed by atoms with Gasteiger partial charge >= 0.3 is 5.97 Å². The predicted molar refractivity (Wildman–Crippen MR) is 86.0 cm³/mol. The van der Waals surface area contributed by atoms with Crippen LogP contribution in [0.3, 0.4) is 0 Å². The van der Waals surface area contributed by atoms with Crippen molar-refractivity contribution < 1.29 is 14.7 Å². The molecule has 2 aromatic rings. The van der Waals surface area contributed by atoms with E-state index in [0.29, 0.717) is 11.4 Å². The molecule has 4 nitrogen and oxygen atoms in total. The molecule has 0 unspecified atom stereocenters. The van der Waals surface area contributed by atoms with Crippen molar-refractivity contribution in [1.29, 1.82) is 0 Å². The van der Waals surface area contributed by atoms with Crippen LogP contribution >= 0.6 is 27.3 Å². The molecule has 0 saturated heterocycles. The number of rotatable bonds is 4. The van der Waals surface area contributed by atoms with E-state index in [1.54, 1.807) is 36.2 Å². The minimum absolute atomic E-state index is 0.0453. The molecule has 0 radical (unpaired) electrons.